The third-order valence-electron chi connectivity index (χ3n) is 4.99. The smallest absolute Gasteiger partial charge is 0.335 e. The van der Waals surface area contributed by atoms with Crippen LogP contribution in [-0.4, -0.2) is 27.9 Å². The van der Waals surface area contributed by atoms with Gasteiger partial charge < -0.3 is 9.94 Å². The Kier molecular flexibility index (Phi) is 4.83. The SMILES string of the molecule is O=C(O)c1ccc(C2=NOC(Cc3cccnc3)C2C2=CC=CCC2)cc1. The molecular weight excluding hydrogens is 340 g/mol. The van der Waals surface area contributed by atoms with E-state index in [1.807, 2.05) is 30.5 Å². The highest BCUT2D eigenvalue weighted by atomic mass is 16.6. The van der Waals surface area contributed by atoms with Crippen LogP contribution < -0.4 is 0 Å². The van der Waals surface area contributed by atoms with E-state index in [4.69, 9.17) is 9.94 Å². The number of aromatic nitrogens is 1. The highest BCUT2D eigenvalue weighted by molar-refractivity contribution is 6.05. The fraction of sp³-hybridized carbons (Fsp3) is 0.227. The molecule has 1 N–H and O–H groups in total. The van der Waals surface area contributed by atoms with Crippen LogP contribution >= 0.6 is 0 Å². The molecule has 1 aromatic heterocycles. The Balaban J connectivity index is 1.64. The lowest BCUT2D eigenvalue weighted by atomic mass is 9.80. The Morgan fingerprint density at radius 3 is 2.74 bits per heavy atom. The predicted octanol–water partition coefficient (Wildman–Crippen LogP) is 4.02. The highest BCUT2D eigenvalue weighted by Gasteiger charge is 2.37. The van der Waals surface area contributed by atoms with E-state index >= 15 is 0 Å². The van der Waals surface area contributed by atoms with Gasteiger partial charge in [0.25, 0.3) is 0 Å². The first-order valence-electron chi connectivity index (χ1n) is 9.04. The summed E-state index contributed by atoms with van der Waals surface area (Å²) in [5.41, 5.74) is 4.43. The molecule has 2 aliphatic rings. The van der Waals surface area contributed by atoms with Gasteiger partial charge in [-0.2, -0.15) is 0 Å². The molecule has 27 heavy (non-hydrogen) atoms. The molecule has 0 radical (unpaired) electrons. The second-order valence-corrected chi connectivity index (χ2v) is 6.75. The largest absolute Gasteiger partial charge is 0.478 e. The minimum Gasteiger partial charge on any atom is -0.478 e. The predicted molar refractivity (Wildman–Crippen MR) is 103 cm³/mol. The summed E-state index contributed by atoms with van der Waals surface area (Å²) in [5, 5.41) is 13.5. The number of aromatic carboxylic acids is 1. The zero-order valence-corrected chi connectivity index (χ0v) is 14.8. The number of carboxylic acid groups (broad SMARTS) is 1. The van der Waals surface area contributed by atoms with Gasteiger partial charge >= 0.3 is 5.97 Å². The van der Waals surface area contributed by atoms with Crippen LogP contribution in [0, 0.1) is 5.92 Å². The first-order chi connectivity index (χ1) is 13.2. The molecular formula is C22H20N2O3. The lowest BCUT2D eigenvalue weighted by Crippen LogP contribution is -2.28. The average molecular weight is 360 g/mol. The van der Waals surface area contributed by atoms with E-state index in [1.54, 1.807) is 18.3 Å². The van der Waals surface area contributed by atoms with E-state index in [0.717, 1.165) is 36.1 Å². The molecule has 2 atom stereocenters. The van der Waals surface area contributed by atoms with Gasteiger partial charge in [-0.25, -0.2) is 4.79 Å². The molecule has 0 saturated heterocycles. The Morgan fingerprint density at radius 2 is 2.07 bits per heavy atom. The molecule has 0 fully saturated rings. The number of oxime groups is 1. The van der Waals surface area contributed by atoms with Gasteiger partial charge in [0.1, 0.15) is 6.10 Å². The van der Waals surface area contributed by atoms with Crippen LogP contribution in [0.15, 0.2) is 77.7 Å². The van der Waals surface area contributed by atoms with Gasteiger partial charge in [0, 0.05) is 24.4 Å². The number of carboxylic acids is 1. The van der Waals surface area contributed by atoms with Crippen molar-refractivity contribution >= 4 is 11.7 Å². The van der Waals surface area contributed by atoms with Gasteiger partial charge in [0.05, 0.1) is 17.2 Å². The van der Waals surface area contributed by atoms with Crippen molar-refractivity contribution in [2.24, 2.45) is 11.1 Å². The van der Waals surface area contributed by atoms with Gasteiger partial charge in [-0.1, -0.05) is 47.2 Å². The summed E-state index contributed by atoms with van der Waals surface area (Å²) in [7, 11) is 0. The summed E-state index contributed by atoms with van der Waals surface area (Å²) in [6.07, 6.45) is 12.6. The van der Waals surface area contributed by atoms with Crippen LogP contribution in [-0.2, 0) is 11.3 Å². The van der Waals surface area contributed by atoms with Gasteiger partial charge in [-0.15, -0.1) is 0 Å². The van der Waals surface area contributed by atoms with Crippen molar-refractivity contribution in [3.05, 3.63) is 89.3 Å². The summed E-state index contributed by atoms with van der Waals surface area (Å²) >= 11 is 0. The molecule has 2 heterocycles. The highest BCUT2D eigenvalue weighted by Crippen LogP contribution is 2.34. The average Bonchev–Trinajstić information content (AvgIpc) is 3.13. The number of hydrogen-bond acceptors (Lipinski definition) is 4. The Labute approximate surface area is 157 Å². The van der Waals surface area contributed by atoms with Crippen LogP contribution in [0.3, 0.4) is 0 Å². The number of rotatable bonds is 5. The van der Waals surface area contributed by atoms with E-state index in [-0.39, 0.29) is 17.6 Å². The van der Waals surface area contributed by atoms with Crippen LogP contribution in [0.25, 0.3) is 0 Å². The lowest BCUT2D eigenvalue weighted by Gasteiger charge is -2.23. The molecule has 0 saturated carbocycles. The normalized spacial score (nSPS) is 21.3. The molecule has 0 spiro atoms. The minimum atomic E-state index is -0.933. The van der Waals surface area contributed by atoms with Gasteiger partial charge in [0.2, 0.25) is 0 Å². The zero-order chi connectivity index (χ0) is 18.6. The van der Waals surface area contributed by atoms with Crippen LogP contribution in [0.2, 0.25) is 0 Å². The molecule has 2 unspecified atom stereocenters. The maximum atomic E-state index is 11.1. The standard InChI is InChI=1S/C22H20N2O3/c25-22(26)18-10-8-17(9-11-18)21-20(16-6-2-1-3-7-16)19(27-24-21)13-15-5-4-12-23-14-15/h1-2,4-6,8-12,14,19-20H,3,7,13H2,(H,25,26). The quantitative estimate of drug-likeness (QED) is 0.874. The van der Waals surface area contributed by atoms with Crippen molar-refractivity contribution < 1.29 is 14.7 Å². The summed E-state index contributed by atoms with van der Waals surface area (Å²) < 4.78 is 0. The lowest BCUT2D eigenvalue weighted by molar-refractivity contribution is 0.0685. The topological polar surface area (TPSA) is 71.8 Å². The van der Waals surface area contributed by atoms with Crippen molar-refractivity contribution in [1.82, 2.24) is 4.98 Å². The molecule has 0 bridgehead atoms. The van der Waals surface area contributed by atoms with Crippen molar-refractivity contribution in [2.45, 2.75) is 25.4 Å². The summed E-state index contributed by atoms with van der Waals surface area (Å²) in [5.74, 6) is -0.886. The number of nitrogens with zero attached hydrogens (tertiary/aromatic N) is 2. The van der Waals surface area contributed by atoms with E-state index < -0.39 is 5.97 Å². The molecule has 136 valence electrons. The molecule has 2 aromatic rings. The number of allylic oxidation sites excluding steroid dienone is 3. The van der Waals surface area contributed by atoms with Gasteiger partial charge in [0.15, 0.2) is 0 Å². The fourth-order valence-corrected chi connectivity index (χ4v) is 3.64. The molecule has 4 rings (SSSR count). The van der Waals surface area contributed by atoms with Gasteiger partial charge in [-0.05, 0) is 36.6 Å². The third kappa shape index (κ3) is 3.67. The Bertz CT molecular complexity index is 914. The van der Waals surface area contributed by atoms with Crippen LogP contribution in [0.5, 0.6) is 0 Å². The maximum Gasteiger partial charge on any atom is 0.335 e. The van der Waals surface area contributed by atoms with Crippen molar-refractivity contribution in [2.75, 3.05) is 0 Å². The Hall–Kier alpha value is -3.21. The van der Waals surface area contributed by atoms with Crippen molar-refractivity contribution in [3.63, 3.8) is 0 Å². The molecule has 1 aromatic carbocycles. The molecule has 0 amide bonds. The van der Waals surface area contributed by atoms with Crippen LogP contribution in [0.1, 0.15) is 34.3 Å². The van der Waals surface area contributed by atoms with Gasteiger partial charge in [-0.3, -0.25) is 4.98 Å². The molecule has 1 aliphatic carbocycles. The third-order valence-corrected chi connectivity index (χ3v) is 4.99. The number of hydrogen-bond donors (Lipinski definition) is 1. The van der Waals surface area contributed by atoms with E-state index in [0.29, 0.717) is 0 Å². The van der Waals surface area contributed by atoms with Crippen LogP contribution in [0.4, 0.5) is 0 Å². The van der Waals surface area contributed by atoms with E-state index in [1.165, 1.54) is 5.57 Å². The number of carbonyl (C=O) groups is 1. The molecule has 5 nitrogen and oxygen atoms in total. The monoisotopic (exact) mass is 360 g/mol. The van der Waals surface area contributed by atoms with Crippen molar-refractivity contribution in [3.8, 4) is 0 Å². The first-order valence-corrected chi connectivity index (χ1v) is 9.04. The number of benzene rings is 1. The number of pyridine rings is 1. The second kappa shape index (κ2) is 7.58. The van der Waals surface area contributed by atoms with Crippen molar-refractivity contribution in [1.29, 1.82) is 0 Å². The Morgan fingerprint density at radius 1 is 1.22 bits per heavy atom. The second-order valence-electron chi connectivity index (χ2n) is 6.75. The maximum absolute atomic E-state index is 11.1. The molecule has 5 heteroatoms. The zero-order valence-electron chi connectivity index (χ0n) is 14.8. The summed E-state index contributed by atoms with van der Waals surface area (Å²) in [6.45, 7) is 0. The fourth-order valence-electron chi connectivity index (χ4n) is 3.64. The minimum absolute atomic E-state index is 0.0471. The van der Waals surface area contributed by atoms with E-state index in [2.05, 4.69) is 28.4 Å². The molecule has 1 aliphatic heterocycles. The summed E-state index contributed by atoms with van der Waals surface area (Å²) in [4.78, 5) is 21.2. The first kappa shape index (κ1) is 17.2. The van der Waals surface area contributed by atoms with E-state index in [9.17, 15) is 4.79 Å². The summed E-state index contributed by atoms with van der Waals surface area (Å²) in [6, 6.07) is 10.8.